The average molecular weight is 237 g/mol. The zero-order chi connectivity index (χ0) is 12.3. The molecule has 0 radical (unpaired) electrons. The second kappa shape index (κ2) is 5.05. The average Bonchev–Trinajstić information content (AvgIpc) is 2.69. The van der Waals surface area contributed by atoms with Gasteiger partial charge >= 0.3 is 0 Å². The molecule has 1 aromatic heterocycles. The van der Waals surface area contributed by atoms with Crippen LogP contribution in [0.4, 0.5) is 8.78 Å². The molecule has 90 valence electrons. The van der Waals surface area contributed by atoms with E-state index in [-0.39, 0.29) is 12.1 Å². The summed E-state index contributed by atoms with van der Waals surface area (Å²) in [5, 5.41) is 6.99. The van der Waals surface area contributed by atoms with Crippen molar-refractivity contribution in [3.05, 3.63) is 53.4 Å². The lowest BCUT2D eigenvalue weighted by Gasteiger charge is -2.05. The number of hydrogen-bond acceptors (Lipinski definition) is 2. The second-order valence-corrected chi connectivity index (χ2v) is 3.83. The fraction of sp³-hybridized carbons (Fsp3) is 0.250. The van der Waals surface area contributed by atoms with Gasteiger partial charge in [0, 0.05) is 37.5 Å². The van der Waals surface area contributed by atoms with Crippen LogP contribution < -0.4 is 5.32 Å². The van der Waals surface area contributed by atoms with E-state index in [1.807, 2.05) is 13.2 Å². The lowest BCUT2D eigenvalue weighted by molar-refractivity contribution is 0.535. The quantitative estimate of drug-likeness (QED) is 0.881. The molecule has 0 saturated heterocycles. The molecule has 1 N–H and O–H groups in total. The van der Waals surface area contributed by atoms with Crippen molar-refractivity contribution >= 4 is 0 Å². The van der Waals surface area contributed by atoms with Crippen molar-refractivity contribution in [1.82, 2.24) is 15.1 Å². The molecule has 5 heteroatoms. The predicted molar refractivity (Wildman–Crippen MR) is 60.1 cm³/mol. The first-order valence-corrected chi connectivity index (χ1v) is 5.28. The molecule has 0 aliphatic heterocycles. The molecule has 0 aliphatic rings. The van der Waals surface area contributed by atoms with E-state index >= 15 is 0 Å². The van der Waals surface area contributed by atoms with Crippen LogP contribution in [0, 0.1) is 11.6 Å². The summed E-state index contributed by atoms with van der Waals surface area (Å²) in [6.07, 6.45) is 3.56. The van der Waals surface area contributed by atoms with Crippen LogP contribution in [0.25, 0.3) is 0 Å². The first-order chi connectivity index (χ1) is 8.16. The largest absolute Gasteiger partial charge is 0.308 e. The van der Waals surface area contributed by atoms with Gasteiger partial charge in [0.05, 0.1) is 6.20 Å². The minimum atomic E-state index is -0.524. The number of rotatable bonds is 4. The van der Waals surface area contributed by atoms with Crippen LogP contribution in [0.1, 0.15) is 11.1 Å². The molecule has 0 aliphatic carbocycles. The van der Waals surface area contributed by atoms with E-state index in [4.69, 9.17) is 0 Å². The lowest BCUT2D eigenvalue weighted by Crippen LogP contribution is -2.14. The van der Waals surface area contributed by atoms with E-state index < -0.39 is 11.6 Å². The van der Waals surface area contributed by atoms with E-state index in [0.717, 1.165) is 5.56 Å². The normalized spacial score (nSPS) is 10.8. The first-order valence-electron chi connectivity index (χ1n) is 5.28. The van der Waals surface area contributed by atoms with Gasteiger partial charge in [-0.1, -0.05) is 6.07 Å². The first kappa shape index (κ1) is 11.7. The molecule has 2 aromatic rings. The zero-order valence-corrected chi connectivity index (χ0v) is 9.45. The summed E-state index contributed by atoms with van der Waals surface area (Å²) in [7, 11) is 1.82. The van der Waals surface area contributed by atoms with Crippen molar-refractivity contribution in [1.29, 1.82) is 0 Å². The highest BCUT2D eigenvalue weighted by molar-refractivity contribution is 5.19. The summed E-state index contributed by atoms with van der Waals surface area (Å²) in [6, 6.07) is 3.86. The summed E-state index contributed by atoms with van der Waals surface area (Å²) < 4.78 is 28.2. The second-order valence-electron chi connectivity index (χ2n) is 3.83. The summed E-state index contributed by atoms with van der Waals surface area (Å²) in [5.41, 5.74) is 1.04. The number of nitrogens with one attached hydrogen (secondary N) is 1. The van der Waals surface area contributed by atoms with E-state index in [2.05, 4.69) is 10.4 Å². The van der Waals surface area contributed by atoms with Crippen LogP contribution in [-0.4, -0.2) is 9.78 Å². The highest BCUT2D eigenvalue weighted by Gasteiger charge is 2.07. The standard InChI is InChI=1S/C12H13F2N3/c1-17-8-9(6-16-17)5-15-7-10-11(13)3-2-4-12(10)14/h2-4,6,8,15H,5,7H2,1H3. The number of benzene rings is 1. The van der Waals surface area contributed by atoms with Crippen LogP contribution in [-0.2, 0) is 20.1 Å². The van der Waals surface area contributed by atoms with Crippen LogP contribution in [0.5, 0.6) is 0 Å². The summed E-state index contributed by atoms with van der Waals surface area (Å²) in [4.78, 5) is 0. The Kier molecular flexibility index (Phi) is 3.49. The molecule has 3 nitrogen and oxygen atoms in total. The van der Waals surface area contributed by atoms with Crippen LogP contribution in [0.3, 0.4) is 0 Å². The highest BCUT2D eigenvalue weighted by Crippen LogP contribution is 2.11. The fourth-order valence-electron chi connectivity index (χ4n) is 1.60. The zero-order valence-electron chi connectivity index (χ0n) is 9.45. The third-order valence-corrected chi connectivity index (χ3v) is 2.45. The van der Waals surface area contributed by atoms with Gasteiger partial charge in [-0.15, -0.1) is 0 Å². The molecule has 1 aromatic carbocycles. The van der Waals surface area contributed by atoms with Gasteiger partial charge in [0.25, 0.3) is 0 Å². The fourth-order valence-corrected chi connectivity index (χ4v) is 1.60. The van der Waals surface area contributed by atoms with Crippen LogP contribution in [0.15, 0.2) is 30.6 Å². The Morgan fingerprint density at radius 2 is 1.94 bits per heavy atom. The van der Waals surface area contributed by atoms with E-state index in [1.165, 1.54) is 18.2 Å². The third kappa shape index (κ3) is 2.88. The molecular formula is C12H13F2N3. The van der Waals surface area contributed by atoms with Crippen molar-refractivity contribution < 1.29 is 8.78 Å². The van der Waals surface area contributed by atoms with Crippen molar-refractivity contribution in [2.45, 2.75) is 13.1 Å². The molecule has 1 heterocycles. The molecule has 0 bridgehead atoms. The Bertz CT molecular complexity index is 488. The molecule has 0 unspecified atom stereocenters. The molecule has 17 heavy (non-hydrogen) atoms. The Labute approximate surface area is 98.1 Å². The van der Waals surface area contributed by atoms with Gasteiger partial charge in [0.2, 0.25) is 0 Å². The molecule has 0 spiro atoms. The summed E-state index contributed by atoms with van der Waals surface area (Å²) in [5.74, 6) is -1.05. The minimum absolute atomic E-state index is 0.0661. The molecule has 0 atom stereocenters. The van der Waals surface area contributed by atoms with Gasteiger partial charge in [-0.2, -0.15) is 5.10 Å². The molecule has 0 saturated carbocycles. The maximum absolute atomic E-state index is 13.3. The third-order valence-electron chi connectivity index (χ3n) is 2.45. The minimum Gasteiger partial charge on any atom is -0.308 e. The molecular weight excluding hydrogens is 224 g/mol. The Hall–Kier alpha value is -1.75. The molecule has 2 rings (SSSR count). The Balaban J connectivity index is 1.94. The monoisotopic (exact) mass is 237 g/mol. The van der Waals surface area contributed by atoms with E-state index in [9.17, 15) is 8.78 Å². The topological polar surface area (TPSA) is 29.9 Å². The van der Waals surface area contributed by atoms with Crippen molar-refractivity contribution in [2.24, 2.45) is 7.05 Å². The SMILES string of the molecule is Cn1cc(CNCc2c(F)cccc2F)cn1. The van der Waals surface area contributed by atoms with Gasteiger partial charge in [-0.05, 0) is 12.1 Å². The van der Waals surface area contributed by atoms with Gasteiger partial charge in [-0.3, -0.25) is 4.68 Å². The van der Waals surface area contributed by atoms with Crippen molar-refractivity contribution in [3.63, 3.8) is 0 Å². The van der Waals surface area contributed by atoms with Gasteiger partial charge in [0.1, 0.15) is 11.6 Å². The van der Waals surface area contributed by atoms with Crippen molar-refractivity contribution in [3.8, 4) is 0 Å². The van der Waals surface area contributed by atoms with Crippen LogP contribution in [0.2, 0.25) is 0 Å². The van der Waals surface area contributed by atoms with Gasteiger partial charge in [0.15, 0.2) is 0 Å². The number of hydrogen-bond donors (Lipinski definition) is 1. The smallest absolute Gasteiger partial charge is 0.130 e. The van der Waals surface area contributed by atoms with E-state index in [0.29, 0.717) is 6.54 Å². The van der Waals surface area contributed by atoms with Gasteiger partial charge in [-0.25, -0.2) is 8.78 Å². The number of aromatic nitrogens is 2. The lowest BCUT2D eigenvalue weighted by atomic mass is 10.2. The number of aryl methyl sites for hydroxylation is 1. The summed E-state index contributed by atoms with van der Waals surface area (Å²) >= 11 is 0. The maximum Gasteiger partial charge on any atom is 0.130 e. The van der Waals surface area contributed by atoms with Crippen LogP contribution >= 0.6 is 0 Å². The number of nitrogens with zero attached hydrogens (tertiary/aromatic N) is 2. The highest BCUT2D eigenvalue weighted by atomic mass is 19.1. The molecule has 0 fully saturated rings. The maximum atomic E-state index is 13.3. The number of halogens is 2. The van der Waals surface area contributed by atoms with Crippen molar-refractivity contribution in [2.75, 3.05) is 0 Å². The Morgan fingerprint density at radius 1 is 1.24 bits per heavy atom. The predicted octanol–water partition coefficient (Wildman–Crippen LogP) is 1.99. The Morgan fingerprint density at radius 3 is 2.53 bits per heavy atom. The summed E-state index contributed by atoms with van der Waals surface area (Å²) in [6.45, 7) is 0.689. The van der Waals surface area contributed by atoms with E-state index in [1.54, 1.807) is 10.9 Å². The molecule has 0 amide bonds. The van der Waals surface area contributed by atoms with Gasteiger partial charge < -0.3 is 5.32 Å².